The second-order valence-electron chi connectivity index (χ2n) is 3.72. The zero-order valence-corrected chi connectivity index (χ0v) is 7.89. The van der Waals surface area contributed by atoms with Crippen LogP contribution < -0.4 is 5.32 Å². The van der Waals surface area contributed by atoms with Crippen molar-refractivity contribution in [3.05, 3.63) is 12.7 Å². The summed E-state index contributed by atoms with van der Waals surface area (Å²) in [5.41, 5.74) is -0.409. The molecule has 0 radical (unpaired) electrons. The topological polar surface area (TPSA) is 29.1 Å². The molecule has 0 unspecified atom stereocenters. The molecule has 0 spiro atoms. The van der Waals surface area contributed by atoms with Crippen LogP contribution in [0.15, 0.2) is 12.7 Å². The van der Waals surface area contributed by atoms with Crippen molar-refractivity contribution in [2.24, 2.45) is 5.92 Å². The predicted octanol–water partition coefficient (Wildman–Crippen LogP) is 1.52. The van der Waals surface area contributed by atoms with Crippen LogP contribution >= 0.6 is 0 Å². The smallest absolute Gasteiger partial charge is 0.159 e. The van der Waals surface area contributed by atoms with Gasteiger partial charge in [-0.2, -0.15) is 0 Å². The molecule has 1 saturated heterocycles. The first-order valence-electron chi connectivity index (χ1n) is 4.55. The third-order valence-electron chi connectivity index (χ3n) is 2.50. The molecule has 0 aromatic rings. The van der Waals surface area contributed by atoms with Gasteiger partial charge in [0.1, 0.15) is 0 Å². The zero-order chi connectivity index (χ0) is 9.19. The quantitative estimate of drug-likeness (QED) is 0.646. The van der Waals surface area contributed by atoms with Gasteiger partial charge < -0.3 is 5.32 Å². The summed E-state index contributed by atoms with van der Waals surface area (Å²) in [7, 11) is 0. The summed E-state index contributed by atoms with van der Waals surface area (Å²) in [4.78, 5) is 11.8. The maximum absolute atomic E-state index is 11.8. The summed E-state index contributed by atoms with van der Waals surface area (Å²) in [5, 5.41) is 3.23. The molecule has 0 aromatic heterocycles. The molecule has 2 heteroatoms. The third-order valence-corrected chi connectivity index (χ3v) is 2.50. The van der Waals surface area contributed by atoms with Gasteiger partial charge in [0.15, 0.2) is 5.78 Å². The van der Waals surface area contributed by atoms with Crippen LogP contribution in [0.1, 0.15) is 26.7 Å². The lowest BCUT2D eigenvalue weighted by Crippen LogP contribution is -2.47. The molecular weight excluding hydrogens is 150 g/mol. The first kappa shape index (κ1) is 9.46. The summed E-state index contributed by atoms with van der Waals surface area (Å²) >= 11 is 0. The Bertz CT molecular complexity index is 190. The fraction of sp³-hybridized carbons (Fsp3) is 0.700. The van der Waals surface area contributed by atoms with E-state index in [9.17, 15) is 4.79 Å². The van der Waals surface area contributed by atoms with Crippen molar-refractivity contribution in [2.75, 3.05) is 6.54 Å². The highest BCUT2D eigenvalue weighted by Gasteiger charge is 2.38. The molecule has 0 aliphatic carbocycles. The minimum atomic E-state index is -0.409. The number of carbonyl (C=O) groups excluding carboxylic acids is 1. The molecule has 68 valence electrons. The van der Waals surface area contributed by atoms with Crippen molar-refractivity contribution in [2.45, 2.75) is 32.2 Å². The highest BCUT2D eigenvalue weighted by atomic mass is 16.1. The van der Waals surface area contributed by atoms with Crippen LogP contribution in [0.25, 0.3) is 0 Å². The lowest BCUT2D eigenvalue weighted by Gasteiger charge is -2.25. The Hall–Kier alpha value is -0.630. The molecule has 2 nitrogen and oxygen atoms in total. The standard InChI is InChI=1S/C10H17NO/c1-4-10(6-5-7-11-10)9(12)8(2)3/h4,8,11H,1,5-7H2,2-3H3/t10-/m0/s1. The van der Waals surface area contributed by atoms with Crippen LogP contribution in [0.2, 0.25) is 0 Å². The van der Waals surface area contributed by atoms with E-state index in [1.165, 1.54) is 0 Å². The van der Waals surface area contributed by atoms with E-state index in [0.29, 0.717) is 0 Å². The molecule has 1 atom stereocenters. The molecule has 0 bridgehead atoms. The van der Waals surface area contributed by atoms with E-state index < -0.39 is 5.54 Å². The summed E-state index contributed by atoms with van der Waals surface area (Å²) < 4.78 is 0. The van der Waals surface area contributed by atoms with Crippen LogP contribution in [0.4, 0.5) is 0 Å². The number of hydrogen-bond acceptors (Lipinski definition) is 2. The van der Waals surface area contributed by atoms with Gasteiger partial charge in [-0.15, -0.1) is 6.58 Å². The second-order valence-corrected chi connectivity index (χ2v) is 3.72. The van der Waals surface area contributed by atoms with E-state index in [0.717, 1.165) is 19.4 Å². The van der Waals surface area contributed by atoms with Crippen LogP contribution in [-0.4, -0.2) is 17.9 Å². The monoisotopic (exact) mass is 167 g/mol. The molecular formula is C10H17NO. The first-order chi connectivity index (χ1) is 5.62. The van der Waals surface area contributed by atoms with Crippen LogP contribution in [0, 0.1) is 5.92 Å². The van der Waals surface area contributed by atoms with E-state index in [1.54, 1.807) is 6.08 Å². The number of rotatable bonds is 3. The molecule has 0 aromatic carbocycles. The summed E-state index contributed by atoms with van der Waals surface area (Å²) in [6.07, 6.45) is 3.75. The lowest BCUT2D eigenvalue weighted by molar-refractivity contribution is -0.126. The average molecular weight is 167 g/mol. The van der Waals surface area contributed by atoms with Gasteiger partial charge in [-0.25, -0.2) is 0 Å². The molecule has 1 aliphatic heterocycles. The fourth-order valence-corrected chi connectivity index (χ4v) is 1.77. The van der Waals surface area contributed by atoms with Crippen molar-refractivity contribution in [3.63, 3.8) is 0 Å². The Balaban J connectivity index is 2.79. The highest BCUT2D eigenvalue weighted by Crippen LogP contribution is 2.24. The molecule has 0 saturated carbocycles. The van der Waals surface area contributed by atoms with E-state index in [4.69, 9.17) is 0 Å². The molecule has 1 rings (SSSR count). The van der Waals surface area contributed by atoms with E-state index >= 15 is 0 Å². The Morgan fingerprint density at radius 3 is 2.67 bits per heavy atom. The van der Waals surface area contributed by atoms with Gasteiger partial charge >= 0.3 is 0 Å². The number of ketones is 1. The zero-order valence-electron chi connectivity index (χ0n) is 7.89. The normalized spacial score (nSPS) is 29.2. The number of nitrogens with one attached hydrogen (secondary N) is 1. The number of carbonyl (C=O) groups is 1. The number of hydrogen-bond donors (Lipinski definition) is 1. The summed E-state index contributed by atoms with van der Waals surface area (Å²) in [6, 6.07) is 0. The van der Waals surface area contributed by atoms with Gasteiger partial charge in [-0.1, -0.05) is 19.9 Å². The largest absolute Gasteiger partial charge is 0.302 e. The molecule has 12 heavy (non-hydrogen) atoms. The van der Waals surface area contributed by atoms with Crippen LogP contribution in [-0.2, 0) is 4.79 Å². The van der Waals surface area contributed by atoms with Crippen molar-refractivity contribution >= 4 is 5.78 Å². The Labute approximate surface area is 74.0 Å². The Morgan fingerprint density at radius 2 is 2.33 bits per heavy atom. The molecule has 1 fully saturated rings. The minimum absolute atomic E-state index is 0.0913. The van der Waals surface area contributed by atoms with Gasteiger partial charge in [0.05, 0.1) is 5.54 Å². The highest BCUT2D eigenvalue weighted by molar-refractivity contribution is 5.92. The van der Waals surface area contributed by atoms with Gasteiger partial charge in [-0.3, -0.25) is 4.79 Å². The van der Waals surface area contributed by atoms with E-state index in [2.05, 4.69) is 11.9 Å². The van der Waals surface area contributed by atoms with Crippen LogP contribution in [0.3, 0.4) is 0 Å². The van der Waals surface area contributed by atoms with Crippen molar-refractivity contribution < 1.29 is 4.79 Å². The van der Waals surface area contributed by atoms with Crippen molar-refractivity contribution in [3.8, 4) is 0 Å². The Kier molecular flexibility index (Phi) is 2.68. The second kappa shape index (κ2) is 3.40. The Morgan fingerprint density at radius 1 is 1.67 bits per heavy atom. The van der Waals surface area contributed by atoms with E-state index in [1.807, 2.05) is 13.8 Å². The molecule has 1 aliphatic rings. The van der Waals surface area contributed by atoms with Gasteiger partial charge in [0, 0.05) is 5.92 Å². The summed E-state index contributed by atoms with van der Waals surface area (Å²) in [6.45, 7) is 8.55. The third kappa shape index (κ3) is 1.44. The number of Topliss-reactive ketones (excluding diaryl/α,β-unsaturated/α-hetero) is 1. The maximum atomic E-state index is 11.8. The van der Waals surface area contributed by atoms with Crippen molar-refractivity contribution in [1.82, 2.24) is 5.32 Å². The maximum Gasteiger partial charge on any atom is 0.159 e. The van der Waals surface area contributed by atoms with Gasteiger partial charge in [-0.05, 0) is 19.4 Å². The van der Waals surface area contributed by atoms with Gasteiger partial charge in [0.2, 0.25) is 0 Å². The first-order valence-corrected chi connectivity index (χ1v) is 4.55. The summed E-state index contributed by atoms with van der Waals surface area (Å²) in [5.74, 6) is 0.364. The predicted molar refractivity (Wildman–Crippen MR) is 50.0 cm³/mol. The van der Waals surface area contributed by atoms with Gasteiger partial charge in [0.25, 0.3) is 0 Å². The lowest BCUT2D eigenvalue weighted by atomic mass is 9.86. The fourth-order valence-electron chi connectivity index (χ4n) is 1.77. The average Bonchev–Trinajstić information content (AvgIpc) is 2.52. The molecule has 0 amide bonds. The van der Waals surface area contributed by atoms with Crippen molar-refractivity contribution in [1.29, 1.82) is 0 Å². The molecule has 1 N–H and O–H groups in total. The van der Waals surface area contributed by atoms with Crippen LogP contribution in [0.5, 0.6) is 0 Å². The molecule has 1 heterocycles. The minimum Gasteiger partial charge on any atom is -0.302 e. The SMILES string of the molecule is C=C[C@@]1(C(=O)C(C)C)CCCN1. The van der Waals surface area contributed by atoms with E-state index in [-0.39, 0.29) is 11.7 Å².